The second-order valence-corrected chi connectivity index (χ2v) is 7.05. The van der Waals surface area contributed by atoms with Crippen molar-refractivity contribution >= 4 is 15.8 Å². The van der Waals surface area contributed by atoms with E-state index in [0.29, 0.717) is 19.3 Å². The summed E-state index contributed by atoms with van der Waals surface area (Å²) in [4.78, 5) is 10.9. The Morgan fingerprint density at radius 1 is 1.50 bits per heavy atom. The molecule has 2 rings (SSSR count). The van der Waals surface area contributed by atoms with E-state index in [1.54, 1.807) is 13.1 Å². The molecule has 100 valence electrons. The van der Waals surface area contributed by atoms with Gasteiger partial charge in [-0.25, -0.2) is 13.2 Å². The number of sulfone groups is 1. The molecule has 0 aromatic carbocycles. The van der Waals surface area contributed by atoms with Gasteiger partial charge in [-0.15, -0.1) is 0 Å². The zero-order chi connectivity index (χ0) is 13.3. The SMILES string of the molecule is Cn1nc(CC2CCS(=O)(=O)CC2)cc1C(=O)O. The zero-order valence-corrected chi connectivity index (χ0v) is 11.0. The Morgan fingerprint density at radius 2 is 2.11 bits per heavy atom. The average molecular weight is 272 g/mol. The normalized spacial score (nSPS) is 19.8. The second kappa shape index (κ2) is 4.72. The summed E-state index contributed by atoms with van der Waals surface area (Å²) in [6.45, 7) is 0. The van der Waals surface area contributed by atoms with Crippen molar-refractivity contribution < 1.29 is 18.3 Å². The number of hydrogen-bond acceptors (Lipinski definition) is 4. The van der Waals surface area contributed by atoms with E-state index >= 15 is 0 Å². The first-order valence-corrected chi connectivity index (χ1v) is 7.66. The summed E-state index contributed by atoms with van der Waals surface area (Å²) in [7, 11) is -1.25. The van der Waals surface area contributed by atoms with Crippen LogP contribution in [0.25, 0.3) is 0 Å². The molecule has 18 heavy (non-hydrogen) atoms. The van der Waals surface area contributed by atoms with Crippen LogP contribution in [0.4, 0.5) is 0 Å². The standard InChI is InChI=1S/C11H16N2O4S/c1-13-10(11(14)15)7-9(12-13)6-8-2-4-18(16,17)5-3-8/h7-8H,2-6H2,1H3,(H,14,15). The highest BCUT2D eigenvalue weighted by Crippen LogP contribution is 2.22. The first kappa shape index (κ1) is 13.1. The van der Waals surface area contributed by atoms with Gasteiger partial charge in [0.1, 0.15) is 15.5 Å². The molecule has 0 bridgehead atoms. The number of nitrogens with zero attached hydrogens (tertiary/aromatic N) is 2. The molecule has 0 aliphatic carbocycles. The first-order valence-electron chi connectivity index (χ1n) is 5.84. The number of carboxylic acids is 1. The highest BCUT2D eigenvalue weighted by Gasteiger charge is 2.24. The van der Waals surface area contributed by atoms with Crippen LogP contribution in [-0.2, 0) is 23.3 Å². The maximum atomic E-state index is 11.3. The third-order valence-electron chi connectivity index (χ3n) is 3.32. The van der Waals surface area contributed by atoms with Crippen LogP contribution in [0.5, 0.6) is 0 Å². The molecule has 1 aliphatic rings. The van der Waals surface area contributed by atoms with Crippen molar-refractivity contribution in [3.8, 4) is 0 Å². The van der Waals surface area contributed by atoms with Gasteiger partial charge in [-0.3, -0.25) is 4.68 Å². The van der Waals surface area contributed by atoms with E-state index in [9.17, 15) is 13.2 Å². The van der Waals surface area contributed by atoms with E-state index in [2.05, 4.69) is 5.10 Å². The zero-order valence-electron chi connectivity index (χ0n) is 10.2. The van der Waals surface area contributed by atoms with Crippen molar-refractivity contribution in [1.29, 1.82) is 0 Å². The Bertz CT molecular complexity index is 548. The Kier molecular flexibility index (Phi) is 3.43. The Hall–Kier alpha value is -1.37. The molecule has 7 heteroatoms. The summed E-state index contributed by atoms with van der Waals surface area (Å²) in [5, 5.41) is 13.1. The molecule has 2 heterocycles. The molecular formula is C11H16N2O4S. The molecule has 1 saturated heterocycles. The fourth-order valence-corrected chi connectivity index (χ4v) is 3.85. The van der Waals surface area contributed by atoms with Gasteiger partial charge >= 0.3 is 5.97 Å². The molecule has 0 saturated carbocycles. The van der Waals surface area contributed by atoms with E-state index < -0.39 is 15.8 Å². The lowest BCUT2D eigenvalue weighted by Crippen LogP contribution is -2.24. The lowest BCUT2D eigenvalue weighted by atomic mass is 9.97. The minimum Gasteiger partial charge on any atom is -0.477 e. The Balaban J connectivity index is 2.03. The summed E-state index contributed by atoms with van der Waals surface area (Å²) >= 11 is 0. The molecule has 0 radical (unpaired) electrons. The van der Waals surface area contributed by atoms with Crippen LogP contribution >= 0.6 is 0 Å². The van der Waals surface area contributed by atoms with Crippen LogP contribution in [0.3, 0.4) is 0 Å². The van der Waals surface area contributed by atoms with Crippen LogP contribution in [0.1, 0.15) is 29.0 Å². The lowest BCUT2D eigenvalue weighted by molar-refractivity contribution is 0.0685. The highest BCUT2D eigenvalue weighted by molar-refractivity contribution is 7.91. The fourth-order valence-electron chi connectivity index (χ4n) is 2.27. The molecule has 1 aromatic heterocycles. The number of carbonyl (C=O) groups is 1. The maximum absolute atomic E-state index is 11.3. The molecule has 0 amide bonds. The van der Waals surface area contributed by atoms with Crippen LogP contribution in [-0.4, -0.2) is 40.8 Å². The molecule has 1 aromatic rings. The Morgan fingerprint density at radius 3 is 2.61 bits per heavy atom. The number of aromatic carboxylic acids is 1. The van der Waals surface area contributed by atoms with E-state index in [0.717, 1.165) is 5.69 Å². The minimum atomic E-state index is -2.84. The van der Waals surface area contributed by atoms with Gasteiger partial charge in [0.2, 0.25) is 0 Å². The predicted octanol–water partition coefficient (Wildman–Crippen LogP) is 0.486. The van der Waals surface area contributed by atoms with Gasteiger partial charge in [0.25, 0.3) is 0 Å². The van der Waals surface area contributed by atoms with Gasteiger partial charge in [0, 0.05) is 7.05 Å². The third kappa shape index (κ3) is 2.90. The van der Waals surface area contributed by atoms with Gasteiger partial charge in [0.15, 0.2) is 0 Å². The number of hydrogen-bond donors (Lipinski definition) is 1. The predicted molar refractivity (Wildman–Crippen MR) is 65.2 cm³/mol. The van der Waals surface area contributed by atoms with E-state index in [1.165, 1.54) is 4.68 Å². The second-order valence-electron chi connectivity index (χ2n) is 4.75. The van der Waals surface area contributed by atoms with Crippen molar-refractivity contribution in [2.75, 3.05) is 11.5 Å². The fraction of sp³-hybridized carbons (Fsp3) is 0.636. The van der Waals surface area contributed by atoms with Gasteiger partial charge in [-0.05, 0) is 31.2 Å². The molecular weight excluding hydrogens is 256 g/mol. The molecule has 0 atom stereocenters. The molecule has 1 aliphatic heterocycles. The van der Waals surface area contributed by atoms with Gasteiger partial charge < -0.3 is 5.11 Å². The third-order valence-corrected chi connectivity index (χ3v) is 5.04. The number of aromatic nitrogens is 2. The summed E-state index contributed by atoms with van der Waals surface area (Å²) < 4.78 is 23.9. The van der Waals surface area contributed by atoms with Gasteiger partial charge in [-0.2, -0.15) is 5.10 Å². The monoisotopic (exact) mass is 272 g/mol. The van der Waals surface area contributed by atoms with Crippen LogP contribution in [0.2, 0.25) is 0 Å². The largest absolute Gasteiger partial charge is 0.477 e. The number of aryl methyl sites for hydroxylation is 1. The summed E-state index contributed by atoms with van der Waals surface area (Å²) in [6.07, 6.45) is 1.93. The van der Waals surface area contributed by atoms with Crippen molar-refractivity contribution in [3.05, 3.63) is 17.5 Å². The van der Waals surface area contributed by atoms with Gasteiger partial charge in [0.05, 0.1) is 17.2 Å². The average Bonchev–Trinajstić information content (AvgIpc) is 2.63. The quantitative estimate of drug-likeness (QED) is 0.864. The smallest absolute Gasteiger partial charge is 0.354 e. The van der Waals surface area contributed by atoms with E-state index in [4.69, 9.17) is 5.11 Å². The van der Waals surface area contributed by atoms with Crippen molar-refractivity contribution in [2.24, 2.45) is 13.0 Å². The molecule has 6 nitrogen and oxygen atoms in total. The Labute approximate surface area is 106 Å². The minimum absolute atomic E-state index is 0.161. The summed E-state index contributed by atoms with van der Waals surface area (Å²) in [6, 6.07) is 1.56. The number of rotatable bonds is 3. The van der Waals surface area contributed by atoms with Crippen LogP contribution in [0.15, 0.2) is 6.07 Å². The first-order chi connectivity index (χ1) is 8.37. The summed E-state index contributed by atoms with van der Waals surface area (Å²) in [5.41, 5.74) is 0.882. The molecule has 0 unspecified atom stereocenters. The number of carboxylic acid groups (broad SMARTS) is 1. The molecule has 1 N–H and O–H groups in total. The maximum Gasteiger partial charge on any atom is 0.354 e. The van der Waals surface area contributed by atoms with Crippen molar-refractivity contribution in [3.63, 3.8) is 0 Å². The highest BCUT2D eigenvalue weighted by atomic mass is 32.2. The van der Waals surface area contributed by atoms with Crippen LogP contribution in [0, 0.1) is 5.92 Å². The molecule has 1 fully saturated rings. The summed E-state index contributed by atoms with van der Waals surface area (Å²) in [5.74, 6) is -0.250. The van der Waals surface area contributed by atoms with Crippen molar-refractivity contribution in [1.82, 2.24) is 9.78 Å². The van der Waals surface area contributed by atoms with Gasteiger partial charge in [-0.1, -0.05) is 0 Å². The van der Waals surface area contributed by atoms with E-state index in [1.807, 2.05) is 0 Å². The lowest BCUT2D eigenvalue weighted by Gasteiger charge is -2.20. The van der Waals surface area contributed by atoms with Crippen LogP contribution < -0.4 is 0 Å². The molecule has 0 spiro atoms. The van der Waals surface area contributed by atoms with E-state index in [-0.39, 0.29) is 23.1 Å². The van der Waals surface area contributed by atoms with Crippen molar-refractivity contribution in [2.45, 2.75) is 19.3 Å². The topological polar surface area (TPSA) is 89.3 Å².